The monoisotopic (exact) mass is 768 g/mol. The summed E-state index contributed by atoms with van der Waals surface area (Å²) in [5.74, 6) is 6.26. The number of hydrogen-bond acceptors (Lipinski definition) is 6. The molecule has 4 rings (SSSR count). The van der Waals surface area contributed by atoms with Gasteiger partial charge in [-0.3, -0.25) is 4.55 Å². The van der Waals surface area contributed by atoms with Gasteiger partial charge in [-0.15, -0.1) is 23.3 Å². The summed E-state index contributed by atoms with van der Waals surface area (Å²) in [6.45, 7) is 13.1. The molecule has 0 aromatic heterocycles. The van der Waals surface area contributed by atoms with Crippen LogP contribution < -0.4 is 9.47 Å². The number of ether oxygens (including phenoxy) is 3. The third-order valence-corrected chi connectivity index (χ3v) is 8.18. The molecule has 0 atom stereocenters. The number of methoxy groups -OCH3 is 2. The second-order valence-corrected chi connectivity index (χ2v) is 12.2. The molecule has 0 unspecified atom stereocenters. The van der Waals surface area contributed by atoms with Gasteiger partial charge in [-0.2, -0.15) is 8.42 Å². The van der Waals surface area contributed by atoms with E-state index in [2.05, 4.69) is 46.8 Å². The van der Waals surface area contributed by atoms with Crippen molar-refractivity contribution in [3.05, 3.63) is 61.0 Å². The Kier molecular flexibility index (Phi) is 17.9. The Morgan fingerprint density at radius 3 is 1.85 bits per heavy atom. The van der Waals surface area contributed by atoms with Gasteiger partial charge in [0.15, 0.2) is 0 Å². The SMILES string of the molecule is CC1C(C)C(C)C(C)C1C.COCCOc1[c-]c2c(cc1)CCCC2=Nc1ccc(OC)cc1.CS(=O)(=O)O.[CH3-].[Ir]. The van der Waals surface area contributed by atoms with Crippen LogP contribution in [0.4, 0.5) is 5.69 Å². The van der Waals surface area contributed by atoms with Crippen molar-refractivity contribution < 1.29 is 47.3 Å². The van der Waals surface area contributed by atoms with Gasteiger partial charge in [-0.05, 0) is 66.0 Å². The molecule has 2 aliphatic rings. The summed E-state index contributed by atoms with van der Waals surface area (Å²) in [5.41, 5.74) is 4.36. The predicted octanol–water partition coefficient (Wildman–Crippen LogP) is 7.11. The van der Waals surface area contributed by atoms with Crippen LogP contribution in [0, 0.1) is 43.1 Å². The summed E-state index contributed by atoms with van der Waals surface area (Å²) in [6.07, 6.45) is 3.84. The zero-order valence-corrected chi connectivity index (χ0v) is 29.3. The van der Waals surface area contributed by atoms with Crippen molar-refractivity contribution in [2.45, 2.75) is 53.9 Å². The smallest absolute Gasteiger partial charge is 0.261 e. The quantitative estimate of drug-likeness (QED) is 0.192. The zero-order chi connectivity index (χ0) is 29.2. The van der Waals surface area contributed by atoms with Crippen LogP contribution >= 0.6 is 0 Å². The molecule has 7 nitrogen and oxygen atoms in total. The van der Waals surface area contributed by atoms with Gasteiger partial charge in [0.25, 0.3) is 10.1 Å². The van der Waals surface area contributed by atoms with Gasteiger partial charge in [-0.1, -0.05) is 53.5 Å². The Hall–Kier alpha value is -1.77. The summed E-state index contributed by atoms with van der Waals surface area (Å²) in [6, 6.07) is 15.3. The van der Waals surface area contributed by atoms with Crippen LogP contribution in [0.2, 0.25) is 0 Å². The third-order valence-electron chi connectivity index (χ3n) is 8.18. The first-order chi connectivity index (χ1) is 18.3. The fourth-order valence-corrected chi connectivity index (χ4v) is 5.18. The Balaban J connectivity index is 0.000000785. The minimum atomic E-state index is -3.67. The summed E-state index contributed by atoms with van der Waals surface area (Å²) >= 11 is 0. The van der Waals surface area contributed by atoms with E-state index in [1.807, 2.05) is 30.3 Å². The van der Waals surface area contributed by atoms with E-state index in [-0.39, 0.29) is 27.5 Å². The molecule has 41 heavy (non-hydrogen) atoms. The number of aryl methyl sites for hydroxylation is 1. The third kappa shape index (κ3) is 13.0. The Morgan fingerprint density at radius 2 is 1.39 bits per heavy atom. The van der Waals surface area contributed by atoms with E-state index >= 15 is 0 Å². The molecule has 9 heteroatoms. The van der Waals surface area contributed by atoms with E-state index in [0.717, 1.165) is 77.3 Å². The van der Waals surface area contributed by atoms with E-state index in [9.17, 15) is 8.42 Å². The normalized spacial score (nSPS) is 23.8. The van der Waals surface area contributed by atoms with Gasteiger partial charge >= 0.3 is 0 Å². The van der Waals surface area contributed by atoms with Crippen LogP contribution in [0.5, 0.6) is 11.5 Å². The molecule has 0 heterocycles. The summed E-state index contributed by atoms with van der Waals surface area (Å²) < 4.78 is 41.8. The van der Waals surface area contributed by atoms with Crippen LogP contribution in [0.15, 0.2) is 41.4 Å². The van der Waals surface area contributed by atoms with Crippen LogP contribution in [-0.2, 0) is 41.4 Å². The molecule has 1 fully saturated rings. The van der Waals surface area contributed by atoms with Gasteiger partial charge in [0.2, 0.25) is 0 Å². The fourth-order valence-electron chi connectivity index (χ4n) is 5.18. The van der Waals surface area contributed by atoms with Crippen LogP contribution in [-0.4, -0.2) is 52.4 Å². The van der Waals surface area contributed by atoms with Crippen molar-refractivity contribution in [3.63, 3.8) is 0 Å². The van der Waals surface area contributed by atoms with E-state index in [0.29, 0.717) is 19.5 Å². The molecule has 2 aliphatic carbocycles. The molecule has 0 aliphatic heterocycles. The summed E-state index contributed by atoms with van der Waals surface area (Å²) in [7, 11) is -0.335. The molecule has 1 saturated carbocycles. The second-order valence-electron chi connectivity index (χ2n) is 10.7. The molecule has 2 aromatic carbocycles. The molecule has 0 amide bonds. The van der Waals surface area contributed by atoms with Gasteiger partial charge in [-0.25, -0.2) is 0 Å². The first kappa shape index (κ1) is 39.2. The average Bonchev–Trinajstić information content (AvgIpc) is 3.06. The molecule has 0 bridgehead atoms. The Morgan fingerprint density at radius 1 is 0.878 bits per heavy atom. The van der Waals surface area contributed by atoms with Crippen molar-refractivity contribution in [2.75, 3.05) is 33.7 Å². The van der Waals surface area contributed by atoms with Crippen molar-refractivity contribution in [3.8, 4) is 11.5 Å². The Bertz CT molecular complexity index is 1120. The molecule has 1 N–H and O–H groups in total. The van der Waals surface area contributed by atoms with Crippen molar-refractivity contribution >= 4 is 21.5 Å². The first-order valence-corrected chi connectivity index (χ1v) is 15.5. The molecule has 235 valence electrons. The number of aliphatic imine (C=N–C) groups is 1. The molecular weight excluding hydrogens is 719 g/mol. The van der Waals surface area contributed by atoms with Crippen LogP contribution in [0.1, 0.15) is 58.6 Å². The maximum Gasteiger partial charge on any atom is 0.261 e. The van der Waals surface area contributed by atoms with Crippen LogP contribution in [0.25, 0.3) is 0 Å². The van der Waals surface area contributed by atoms with Crippen molar-refractivity contribution in [1.82, 2.24) is 0 Å². The van der Waals surface area contributed by atoms with E-state index < -0.39 is 10.1 Å². The molecule has 0 saturated heterocycles. The van der Waals surface area contributed by atoms with E-state index in [1.165, 1.54) is 5.56 Å². The molecule has 1 radical (unpaired) electrons. The van der Waals surface area contributed by atoms with Gasteiger partial charge in [0.1, 0.15) is 12.4 Å². The maximum atomic E-state index is 9.19. The summed E-state index contributed by atoms with van der Waals surface area (Å²) in [4.78, 5) is 4.82. The fraction of sp³-hybridized carbons (Fsp3) is 0.562. The Labute approximate surface area is 262 Å². The number of rotatable bonds is 6. The molecule has 0 spiro atoms. The van der Waals surface area contributed by atoms with E-state index in [1.54, 1.807) is 14.2 Å². The predicted molar refractivity (Wildman–Crippen MR) is 164 cm³/mol. The number of nitrogens with zero attached hydrogens (tertiary/aromatic N) is 1. The number of hydrogen-bond donors (Lipinski definition) is 1. The van der Waals surface area contributed by atoms with Crippen LogP contribution in [0.3, 0.4) is 0 Å². The minimum Gasteiger partial charge on any atom is -0.511 e. The standard InChI is InChI=1S/C20H22NO3.C10H20.CH4O3S.CH3.Ir/c1-22-12-13-24-18-9-6-15-4-3-5-20(19(15)14-18)21-16-7-10-17(23-2)11-8-16;1-6-7(2)9(4)10(5)8(6)3;1-5(2,3)4;;/h6-11H,3-5,12-13H2,1-2H3;6-10H,1-5H3;1H3,(H,2,3,4);1H3;/q-1;;;-1;. The van der Waals surface area contributed by atoms with Gasteiger partial charge in [0, 0.05) is 33.0 Å². The second kappa shape index (κ2) is 18.7. The minimum absolute atomic E-state index is 0. The largest absolute Gasteiger partial charge is 0.511 e. The van der Waals surface area contributed by atoms with Gasteiger partial charge < -0.3 is 26.6 Å². The maximum absolute atomic E-state index is 9.19. The topological polar surface area (TPSA) is 94.4 Å². The van der Waals surface area contributed by atoms with E-state index in [4.69, 9.17) is 23.8 Å². The zero-order valence-electron chi connectivity index (χ0n) is 26.1. The number of benzene rings is 2. The summed E-state index contributed by atoms with van der Waals surface area (Å²) in [5, 5.41) is 0. The molecule has 2 aromatic rings. The van der Waals surface area contributed by atoms with Crippen molar-refractivity contribution in [1.29, 1.82) is 0 Å². The molecular formula is C32H49IrNO6S-2. The average molecular weight is 768 g/mol. The number of fused-ring (bicyclic) bond motifs is 1. The van der Waals surface area contributed by atoms with Crippen molar-refractivity contribution in [2.24, 2.45) is 34.6 Å². The van der Waals surface area contributed by atoms with Gasteiger partial charge in [0.05, 0.1) is 25.7 Å². The first-order valence-electron chi connectivity index (χ1n) is 13.7.